The van der Waals surface area contributed by atoms with Gasteiger partial charge >= 0.3 is 0 Å². The number of nitrogens with one attached hydrogen (secondary N) is 1. The smallest absolute Gasteiger partial charge is 0.214 e. The fourth-order valence-corrected chi connectivity index (χ4v) is 3.74. The molecule has 29 heavy (non-hydrogen) atoms. The minimum Gasteiger partial charge on any atom is -0.497 e. The Kier molecular flexibility index (Phi) is 5.22. The van der Waals surface area contributed by atoms with E-state index in [9.17, 15) is 0 Å². The van der Waals surface area contributed by atoms with Gasteiger partial charge in [0.2, 0.25) is 5.16 Å². The van der Waals surface area contributed by atoms with Gasteiger partial charge in [-0.25, -0.2) is 4.68 Å². The van der Waals surface area contributed by atoms with E-state index in [4.69, 9.17) is 18.9 Å². The van der Waals surface area contributed by atoms with Crippen LogP contribution in [0.2, 0.25) is 0 Å². The fourth-order valence-electron chi connectivity index (χ4n) is 3.01. The van der Waals surface area contributed by atoms with Crippen LogP contribution in [-0.4, -0.2) is 43.3 Å². The van der Waals surface area contributed by atoms with E-state index in [0.717, 1.165) is 16.8 Å². The number of nitrogens with zero attached hydrogens (tertiary/aromatic N) is 3. The molecule has 0 bridgehead atoms. The van der Waals surface area contributed by atoms with Crippen LogP contribution in [-0.2, 0) is 0 Å². The Morgan fingerprint density at radius 2 is 1.59 bits per heavy atom. The number of aromatic nitrogens is 3. The lowest BCUT2D eigenvalue weighted by Gasteiger charge is -2.20. The van der Waals surface area contributed by atoms with Crippen molar-refractivity contribution >= 4 is 17.5 Å². The summed E-state index contributed by atoms with van der Waals surface area (Å²) in [6.07, 6.45) is 0. The van der Waals surface area contributed by atoms with Crippen molar-refractivity contribution in [2.75, 3.05) is 33.9 Å². The van der Waals surface area contributed by atoms with Gasteiger partial charge in [-0.15, -0.1) is 10.2 Å². The molecule has 9 heteroatoms. The Labute approximate surface area is 172 Å². The standard InChI is InChI=1S/C20H20N4O4S/c1-25-13-6-8-16(26-2)14(10-13)19-21-22-20-24(19)23-15(11-29-20)12-5-7-17(27-3)18(9-12)28-4/h5-11,23H,1-4H3. The number of ether oxygens (including phenoxy) is 4. The molecule has 0 aliphatic carbocycles. The number of thioether (sulfide) groups is 1. The molecule has 0 spiro atoms. The van der Waals surface area contributed by atoms with E-state index in [-0.39, 0.29) is 0 Å². The maximum absolute atomic E-state index is 5.51. The Morgan fingerprint density at radius 1 is 0.828 bits per heavy atom. The highest BCUT2D eigenvalue weighted by molar-refractivity contribution is 8.02. The third-order valence-corrected chi connectivity index (χ3v) is 5.32. The molecule has 0 saturated heterocycles. The second-order valence-corrected chi connectivity index (χ2v) is 6.88. The van der Waals surface area contributed by atoms with E-state index in [1.807, 2.05) is 46.5 Å². The van der Waals surface area contributed by atoms with Gasteiger partial charge in [-0.1, -0.05) is 11.8 Å². The van der Waals surface area contributed by atoms with Crippen LogP contribution in [0.1, 0.15) is 5.56 Å². The van der Waals surface area contributed by atoms with E-state index in [2.05, 4.69) is 15.6 Å². The van der Waals surface area contributed by atoms with Gasteiger partial charge in [0.05, 0.1) is 39.7 Å². The lowest BCUT2D eigenvalue weighted by molar-refractivity contribution is 0.355. The monoisotopic (exact) mass is 412 g/mol. The third kappa shape index (κ3) is 3.44. The molecular formula is C20H20N4O4S. The van der Waals surface area contributed by atoms with Gasteiger partial charge in [-0.05, 0) is 36.4 Å². The Hall–Kier alpha value is -3.33. The summed E-state index contributed by atoms with van der Waals surface area (Å²) in [5, 5.41) is 11.3. The normalized spacial score (nSPS) is 12.5. The molecule has 8 nitrogen and oxygen atoms in total. The number of rotatable bonds is 6. The summed E-state index contributed by atoms with van der Waals surface area (Å²) in [4.78, 5) is 0. The molecule has 0 saturated carbocycles. The Morgan fingerprint density at radius 3 is 2.31 bits per heavy atom. The van der Waals surface area contributed by atoms with Crippen LogP contribution >= 0.6 is 11.8 Å². The molecule has 4 rings (SSSR count). The summed E-state index contributed by atoms with van der Waals surface area (Å²) in [5.74, 6) is 3.33. The fraction of sp³-hybridized carbons (Fsp3) is 0.200. The predicted molar refractivity (Wildman–Crippen MR) is 111 cm³/mol. The Bertz CT molecular complexity index is 1080. The SMILES string of the molecule is COc1ccc(OC)c(-c2nnc3n2NC(c2ccc(OC)c(OC)c2)=CS3)c1. The van der Waals surface area contributed by atoms with Crippen molar-refractivity contribution in [1.29, 1.82) is 0 Å². The molecule has 3 aromatic rings. The number of hydrogen-bond acceptors (Lipinski definition) is 8. The lowest BCUT2D eigenvalue weighted by Crippen LogP contribution is -2.18. The Balaban J connectivity index is 1.72. The summed E-state index contributed by atoms with van der Waals surface area (Å²) in [7, 11) is 6.47. The molecule has 0 fully saturated rings. The second kappa shape index (κ2) is 7.96. The van der Waals surface area contributed by atoms with Crippen LogP contribution in [0.25, 0.3) is 17.1 Å². The molecule has 0 atom stereocenters. The summed E-state index contributed by atoms with van der Waals surface area (Å²) in [5.41, 5.74) is 5.97. The highest BCUT2D eigenvalue weighted by atomic mass is 32.2. The third-order valence-electron chi connectivity index (χ3n) is 4.49. The zero-order chi connectivity index (χ0) is 20.4. The second-order valence-electron chi connectivity index (χ2n) is 6.04. The van der Waals surface area contributed by atoms with Gasteiger partial charge in [0.15, 0.2) is 17.3 Å². The van der Waals surface area contributed by atoms with E-state index in [0.29, 0.717) is 34.0 Å². The van der Waals surface area contributed by atoms with Gasteiger partial charge in [0.1, 0.15) is 11.5 Å². The summed E-state index contributed by atoms with van der Waals surface area (Å²) in [6.45, 7) is 0. The predicted octanol–water partition coefficient (Wildman–Crippen LogP) is 3.63. The molecular weight excluding hydrogens is 392 g/mol. The van der Waals surface area contributed by atoms with Crippen LogP contribution in [0, 0.1) is 0 Å². The molecule has 0 radical (unpaired) electrons. The van der Waals surface area contributed by atoms with Crippen LogP contribution in [0.5, 0.6) is 23.0 Å². The van der Waals surface area contributed by atoms with Crippen molar-refractivity contribution in [2.24, 2.45) is 0 Å². The number of hydrogen-bond donors (Lipinski definition) is 1. The van der Waals surface area contributed by atoms with Crippen molar-refractivity contribution < 1.29 is 18.9 Å². The first-order valence-electron chi connectivity index (χ1n) is 8.72. The molecule has 150 valence electrons. The molecule has 1 aliphatic heterocycles. The van der Waals surface area contributed by atoms with Crippen LogP contribution < -0.4 is 24.4 Å². The first-order valence-corrected chi connectivity index (χ1v) is 9.60. The highest BCUT2D eigenvalue weighted by Gasteiger charge is 2.22. The van der Waals surface area contributed by atoms with Crippen LogP contribution in [0.3, 0.4) is 0 Å². The zero-order valence-corrected chi connectivity index (χ0v) is 17.2. The van der Waals surface area contributed by atoms with Crippen LogP contribution in [0.4, 0.5) is 0 Å². The van der Waals surface area contributed by atoms with Crippen molar-refractivity contribution in [3.63, 3.8) is 0 Å². The molecule has 0 amide bonds. The van der Waals surface area contributed by atoms with E-state index in [1.165, 1.54) is 11.8 Å². The maximum Gasteiger partial charge on any atom is 0.214 e. The van der Waals surface area contributed by atoms with Gasteiger partial charge in [0, 0.05) is 11.0 Å². The molecule has 1 aliphatic rings. The van der Waals surface area contributed by atoms with Crippen molar-refractivity contribution in [3.05, 3.63) is 47.4 Å². The van der Waals surface area contributed by atoms with Gasteiger partial charge < -0.3 is 18.9 Å². The van der Waals surface area contributed by atoms with Crippen molar-refractivity contribution in [3.8, 4) is 34.4 Å². The van der Waals surface area contributed by atoms with Crippen LogP contribution in [0.15, 0.2) is 47.0 Å². The topological polar surface area (TPSA) is 79.7 Å². The summed E-state index contributed by atoms with van der Waals surface area (Å²) >= 11 is 1.47. The molecule has 2 heterocycles. The molecule has 0 unspecified atom stereocenters. The molecule has 2 aromatic carbocycles. The van der Waals surface area contributed by atoms with Crippen molar-refractivity contribution in [1.82, 2.24) is 14.9 Å². The molecule has 1 aromatic heterocycles. The highest BCUT2D eigenvalue weighted by Crippen LogP contribution is 2.37. The maximum atomic E-state index is 5.51. The minimum absolute atomic E-state index is 0.620. The van der Waals surface area contributed by atoms with E-state index in [1.54, 1.807) is 28.4 Å². The van der Waals surface area contributed by atoms with E-state index >= 15 is 0 Å². The van der Waals surface area contributed by atoms with Gasteiger partial charge in [0.25, 0.3) is 0 Å². The molecule has 1 N–H and O–H groups in total. The first kappa shape index (κ1) is 19.0. The average molecular weight is 412 g/mol. The largest absolute Gasteiger partial charge is 0.497 e. The first-order chi connectivity index (χ1) is 14.2. The summed E-state index contributed by atoms with van der Waals surface area (Å²) in [6, 6.07) is 11.3. The average Bonchev–Trinajstić information content (AvgIpc) is 3.21. The number of fused-ring (bicyclic) bond motifs is 1. The quantitative estimate of drug-likeness (QED) is 0.658. The van der Waals surface area contributed by atoms with E-state index < -0.39 is 0 Å². The minimum atomic E-state index is 0.620. The van der Waals surface area contributed by atoms with Crippen molar-refractivity contribution in [2.45, 2.75) is 5.16 Å². The zero-order valence-electron chi connectivity index (χ0n) is 16.4. The lowest BCUT2D eigenvalue weighted by atomic mass is 10.1. The van der Waals surface area contributed by atoms with Gasteiger partial charge in [-0.3, -0.25) is 5.43 Å². The number of methoxy groups -OCH3 is 4. The summed E-state index contributed by atoms with van der Waals surface area (Å²) < 4.78 is 23.4. The van der Waals surface area contributed by atoms with Gasteiger partial charge in [-0.2, -0.15) is 0 Å². The number of benzene rings is 2.